The molecule has 192 valence electrons. The van der Waals surface area contributed by atoms with Crippen molar-refractivity contribution in [3.05, 3.63) is 52.3 Å². The lowest BCUT2D eigenvalue weighted by Gasteiger charge is -2.10. The number of rotatable bonds is 9. The Labute approximate surface area is 213 Å². The molecule has 0 aromatic carbocycles. The van der Waals surface area contributed by atoms with E-state index in [9.17, 15) is 14.7 Å². The maximum absolute atomic E-state index is 11.7. The topological polar surface area (TPSA) is 133 Å². The Balaban J connectivity index is 0.000000201. The number of carboxylic acid groups (broad SMARTS) is 1. The summed E-state index contributed by atoms with van der Waals surface area (Å²) >= 11 is 6.14. The largest absolute Gasteiger partial charge is 0.496 e. The number of aromatic carboxylic acids is 1. The summed E-state index contributed by atoms with van der Waals surface area (Å²) in [5.41, 5.74) is 2.94. The van der Waals surface area contributed by atoms with Gasteiger partial charge in [0.1, 0.15) is 29.5 Å². The van der Waals surface area contributed by atoms with Gasteiger partial charge in [-0.1, -0.05) is 38.3 Å². The van der Waals surface area contributed by atoms with Crippen molar-refractivity contribution in [3.8, 4) is 5.75 Å². The van der Waals surface area contributed by atoms with E-state index in [0.29, 0.717) is 22.1 Å². The minimum atomic E-state index is -1.06. The van der Waals surface area contributed by atoms with Gasteiger partial charge in [-0.05, 0) is 31.7 Å². The summed E-state index contributed by atoms with van der Waals surface area (Å²) in [7, 11) is 2.77. The molecule has 0 atom stereocenters. The second-order valence-corrected chi connectivity index (χ2v) is 8.34. The molecule has 0 bridgehead atoms. The zero-order chi connectivity index (χ0) is 26.2. The van der Waals surface area contributed by atoms with Crippen molar-refractivity contribution in [2.75, 3.05) is 14.2 Å². The number of aryl methyl sites for hydroxylation is 2. The Bertz CT molecular complexity index is 1370. The third kappa shape index (κ3) is 5.56. The summed E-state index contributed by atoms with van der Waals surface area (Å²) in [5.74, 6) is -1.24. The molecule has 4 rings (SSSR count). The molecule has 11 nitrogen and oxygen atoms in total. The van der Waals surface area contributed by atoms with Crippen LogP contribution in [0.3, 0.4) is 0 Å². The van der Waals surface area contributed by atoms with Gasteiger partial charge in [0.25, 0.3) is 0 Å². The molecule has 0 amide bonds. The quantitative estimate of drug-likeness (QED) is 0.323. The summed E-state index contributed by atoms with van der Waals surface area (Å²) in [6, 6.07) is 3.48. The van der Waals surface area contributed by atoms with Crippen molar-refractivity contribution in [2.24, 2.45) is 0 Å². The SMILES string of the molecule is CCCCc1cc(Cl)c(C(=O)OC)c2ncnn12.CCCCc1cc(OC)c(C(=O)O)c2ncnn12. The normalized spacial score (nSPS) is 10.8. The number of esters is 1. The summed E-state index contributed by atoms with van der Waals surface area (Å²) < 4.78 is 13.1. The van der Waals surface area contributed by atoms with Crippen LogP contribution in [0, 0.1) is 0 Å². The van der Waals surface area contributed by atoms with E-state index in [1.807, 2.05) is 0 Å². The molecule has 0 saturated heterocycles. The summed E-state index contributed by atoms with van der Waals surface area (Å²) in [5, 5.41) is 17.8. The van der Waals surface area contributed by atoms with Crippen LogP contribution in [0.5, 0.6) is 5.75 Å². The van der Waals surface area contributed by atoms with Gasteiger partial charge in [0, 0.05) is 17.5 Å². The fourth-order valence-electron chi connectivity index (χ4n) is 3.75. The number of carbonyl (C=O) groups is 2. The molecule has 0 aliphatic heterocycles. The predicted molar refractivity (Wildman–Crippen MR) is 133 cm³/mol. The standard InChI is InChI=1S/C12H14ClN3O2.C12H15N3O3/c1-3-4-5-8-6-9(13)10(12(17)18-2)11-14-7-15-16(8)11;1-3-4-5-8-6-9(18-2)10(12(16)17)11-13-7-14-15(8)11/h6-7H,3-5H2,1-2H3;6-7H,3-5H2,1-2H3,(H,16,17). The Hall–Kier alpha value is -3.73. The zero-order valence-corrected chi connectivity index (χ0v) is 21.4. The molecule has 4 aromatic rings. The van der Waals surface area contributed by atoms with Crippen LogP contribution in [0.4, 0.5) is 0 Å². The van der Waals surface area contributed by atoms with Crippen molar-refractivity contribution in [1.29, 1.82) is 0 Å². The highest BCUT2D eigenvalue weighted by atomic mass is 35.5. The number of carboxylic acids is 1. The predicted octanol–water partition coefficient (Wildman–Crippen LogP) is 4.29. The number of methoxy groups -OCH3 is 2. The number of hydrogen-bond donors (Lipinski definition) is 1. The van der Waals surface area contributed by atoms with Gasteiger partial charge in [-0.3, -0.25) is 0 Å². The summed E-state index contributed by atoms with van der Waals surface area (Å²) in [6.45, 7) is 4.21. The first kappa shape index (κ1) is 26.9. The van der Waals surface area contributed by atoms with Crippen molar-refractivity contribution < 1.29 is 24.2 Å². The van der Waals surface area contributed by atoms with E-state index >= 15 is 0 Å². The Morgan fingerprint density at radius 2 is 1.44 bits per heavy atom. The maximum atomic E-state index is 11.7. The Morgan fingerprint density at radius 3 is 1.92 bits per heavy atom. The highest BCUT2D eigenvalue weighted by Gasteiger charge is 2.21. The molecule has 0 aliphatic rings. The van der Waals surface area contributed by atoms with E-state index in [4.69, 9.17) is 21.1 Å². The number of ether oxygens (including phenoxy) is 2. The van der Waals surface area contributed by atoms with E-state index in [-0.39, 0.29) is 11.1 Å². The molecular weight excluding hydrogens is 488 g/mol. The van der Waals surface area contributed by atoms with E-state index in [1.54, 1.807) is 21.2 Å². The van der Waals surface area contributed by atoms with E-state index < -0.39 is 11.9 Å². The lowest BCUT2D eigenvalue weighted by atomic mass is 10.1. The highest BCUT2D eigenvalue weighted by molar-refractivity contribution is 6.34. The molecule has 0 saturated carbocycles. The number of halogens is 1. The molecule has 0 radical (unpaired) electrons. The third-order valence-electron chi connectivity index (χ3n) is 5.56. The molecule has 12 heteroatoms. The van der Waals surface area contributed by atoms with Gasteiger partial charge in [-0.15, -0.1) is 0 Å². The van der Waals surface area contributed by atoms with Gasteiger partial charge in [0.2, 0.25) is 0 Å². The second kappa shape index (κ2) is 12.3. The summed E-state index contributed by atoms with van der Waals surface area (Å²) in [6.07, 6.45) is 8.59. The lowest BCUT2D eigenvalue weighted by Crippen LogP contribution is -2.09. The van der Waals surface area contributed by atoms with Crippen molar-refractivity contribution >= 4 is 34.8 Å². The van der Waals surface area contributed by atoms with Gasteiger partial charge in [-0.2, -0.15) is 10.2 Å². The molecule has 36 heavy (non-hydrogen) atoms. The van der Waals surface area contributed by atoms with E-state index in [1.165, 1.54) is 26.9 Å². The van der Waals surface area contributed by atoms with Crippen molar-refractivity contribution in [1.82, 2.24) is 29.2 Å². The Kier molecular flexibility index (Phi) is 9.18. The molecule has 0 aliphatic carbocycles. The number of unbranched alkanes of at least 4 members (excludes halogenated alkanes) is 2. The fourth-order valence-corrected chi connectivity index (χ4v) is 4.04. The molecule has 1 N–H and O–H groups in total. The fraction of sp³-hybridized carbons (Fsp3) is 0.417. The highest BCUT2D eigenvalue weighted by Crippen LogP contribution is 2.25. The van der Waals surface area contributed by atoms with Crippen LogP contribution < -0.4 is 4.74 Å². The van der Waals surface area contributed by atoms with Crippen LogP contribution in [-0.2, 0) is 17.6 Å². The van der Waals surface area contributed by atoms with Crippen LogP contribution in [0.15, 0.2) is 24.8 Å². The minimum Gasteiger partial charge on any atom is -0.496 e. The number of carbonyl (C=O) groups excluding carboxylic acids is 1. The second-order valence-electron chi connectivity index (χ2n) is 7.93. The Morgan fingerprint density at radius 1 is 0.917 bits per heavy atom. The average molecular weight is 517 g/mol. The molecule has 0 unspecified atom stereocenters. The van der Waals surface area contributed by atoms with E-state index in [0.717, 1.165) is 49.9 Å². The third-order valence-corrected chi connectivity index (χ3v) is 5.86. The molecule has 0 fully saturated rings. The number of hydrogen-bond acceptors (Lipinski definition) is 8. The van der Waals surface area contributed by atoms with Gasteiger partial charge < -0.3 is 14.6 Å². The van der Waals surface area contributed by atoms with E-state index in [2.05, 4.69) is 34.0 Å². The average Bonchev–Trinajstić information content (AvgIpc) is 3.55. The molecule has 4 aromatic heterocycles. The van der Waals surface area contributed by atoms with Crippen LogP contribution in [-0.4, -0.2) is 60.5 Å². The molecular formula is C24H29ClN6O5. The van der Waals surface area contributed by atoms with Gasteiger partial charge in [0.05, 0.1) is 19.2 Å². The lowest BCUT2D eigenvalue weighted by molar-refractivity contribution is 0.0601. The molecule has 0 spiro atoms. The van der Waals surface area contributed by atoms with Crippen LogP contribution >= 0.6 is 11.6 Å². The van der Waals surface area contributed by atoms with Crippen LogP contribution in [0.2, 0.25) is 5.02 Å². The monoisotopic (exact) mass is 516 g/mol. The van der Waals surface area contributed by atoms with Crippen molar-refractivity contribution in [3.63, 3.8) is 0 Å². The van der Waals surface area contributed by atoms with Gasteiger partial charge in [0.15, 0.2) is 11.3 Å². The maximum Gasteiger partial charge on any atom is 0.343 e. The first-order valence-corrected chi connectivity index (χ1v) is 12.0. The first-order chi connectivity index (χ1) is 17.4. The summed E-state index contributed by atoms with van der Waals surface area (Å²) in [4.78, 5) is 31.0. The first-order valence-electron chi connectivity index (χ1n) is 11.6. The van der Waals surface area contributed by atoms with Gasteiger partial charge in [-0.25, -0.2) is 28.6 Å². The van der Waals surface area contributed by atoms with Crippen LogP contribution in [0.25, 0.3) is 11.3 Å². The number of aromatic nitrogens is 6. The minimum absolute atomic E-state index is 0.0512. The number of fused-ring (bicyclic) bond motifs is 2. The van der Waals surface area contributed by atoms with Crippen LogP contribution in [0.1, 0.15) is 71.6 Å². The van der Waals surface area contributed by atoms with Crippen molar-refractivity contribution in [2.45, 2.75) is 52.4 Å². The van der Waals surface area contributed by atoms with Gasteiger partial charge >= 0.3 is 11.9 Å². The smallest absolute Gasteiger partial charge is 0.343 e. The zero-order valence-electron chi connectivity index (χ0n) is 20.7. The number of nitrogens with zero attached hydrogens (tertiary/aromatic N) is 6. The molecule has 4 heterocycles. The number of pyridine rings is 2.